The van der Waals surface area contributed by atoms with Gasteiger partial charge in [-0.1, -0.05) is 35.9 Å². The summed E-state index contributed by atoms with van der Waals surface area (Å²) >= 11 is 0. The van der Waals surface area contributed by atoms with Crippen molar-refractivity contribution in [3.8, 4) is 0 Å². The molecule has 2 aromatic carbocycles. The maximum absolute atomic E-state index is 12.7. The normalized spacial score (nSPS) is 15.7. The van der Waals surface area contributed by atoms with Crippen LogP contribution in [0.2, 0.25) is 0 Å². The molecule has 0 saturated carbocycles. The second-order valence-electron chi connectivity index (χ2n) is 7.63. The first-order valence-electron chi connectivity index (χ1n) is 9.84. The number of aromatic amines is 1. The highest BCUT2D eigenvalue weighted by atomic mass is 32.2. The molecule has 2 N–H and O–H groups in total. The Morgan fingerprint density at radius 3 is 2.52 bits per heavy atom. The van der Waals surface area contributed by atoms with Crippen molar-refractivity contribution in [1.29, 1.82) is 0 Å². The first kappa shape index (κ1) is 19.7. The summed E-state index contributed by atoms with van der Waals surface area (Å²) in [6, 6.07) is 14.6. The van der Waals surface area contributed by atoms with E-state index in [9.17, 15) is 13.2 Å². The summed E-state index contributed by atoms with van der Waals surface area (Å²) in [6.07, 6.45) is 3.48. The lowest BCUT2D eigenvalue weighted by molar-refractivity contribution is -0.131. The molecule has 3 aromatic rings. The zero-order chi connectivity index (χ0) is 20.4. The van der Waals surface area contributed by atoms with Crippen molar-refractivity contribution in [3.05, 3.63) is 65.9 Å². The number of carbonyl (C=O) groups is 1. The number of aryl methyl sites for hydroxylation is 1. The van der Waals surface area contributed by atoms with Gasteiger partial charge in [0.2, 0.25) is 15.9 Å². The van der Waals surface area contributed by atoms with Crippen molar-refractivity contribution in [1.82, 2.24) is 14.6 Å². The minimum absolute atomic E-state index is 0.0783. The Hall–Kier alpha value is -2.64. The van der Waals surface area contributed by atoms with Gasteiger partial charge in [0.1, 0.15) is 0 Å². The maximum Gasteiger partial charge on any atom is 0.240 e. The van der Waals surface area contributed by atoms with E-state index in [1.807, 2.05) is 42.3 Å². The van der Waals surface area contributed by atoms with Crippen LogP contribution in [0.5, 0.6) is 0 Å². The number of para-hydroxylation sites is 1. The molecule has 1 fully saturated rings. The highest BCUT2D eigenvalue weighted by Crippen LogP contribution is 2.20. The molecule has 0 aliphatic carbocycles. The molecule has 7 heteroatoms. The Labute approximate surface area is 171 Å². The number of likely N-dealkylation sites (tertiary alicyclic amines) is 1. The van der Waals surface area contributed by atoms with Crippen LogP contribution >= 0.6 is 0 Å². The third kappa shape index (κ3) is 4.36. The number of fused-ring (bicyclic) bond motifs is 1. The molecule has 0 bridgehead atoms. The number of H-pyrrole nitrogens is 1. The van der Waals surface area contributed by atoms with E-state index in [1.165, 1.54) is 0 Å². The molecule has 0 atom stereocenters. The van der Waals surface area contributed by atoms with E-state index in [0.29, 0.717) is 32.4 Å². The van der Waals surface area contributed by atoms with Gasteiger partial charge in [-0.05, 0) is 43.5 Å². The van der Waals surface area contributed by atoms with E-state index >= 15 is 0 Å². The van der Waals surface area contributed by atoms with Gasteiger partial charge in [-0.15, -0.1) is 0 Å². The van der Waals surface area contributed by atoms with Crippen LogP contribution in [0, 0.1) is 6.92 Å². The zero-order valence-corrected chi connectivity index (χ0v) is 17.2. The maximum atomic E-state index is 12.7. The molecular formula is C22H25N3O3S. The van der Waals surface area contributed by atoms with Gasteiger partial charge >= 0.3 is 0 Å². The summed E-state index contributed by atoms with van der Waals surface area (Å²) in [6.45, 7) is 3.04. The van der Waals surface area contributed by atoms with E-state index in [4.69, 9.17) is 0 Å². The fourth-order valence-electron chi connectivity index (χ4n) is 3.80. The summed E-state index contributed by atoms with van der Waals surface area (Å²) < 4.78 is 27.9. The standard InChI is InChI=1S/C22H25N3O3S/c1-16-6-8-19(9-7-16)29(27,28)24-18-10-12-25(13-11-18)22(26)14-17-15-23-21-5-3-2-4-20(17)21/h2-9,15,18,23-24H,10-14H2,1H3. The van der Waals surface area contributed by atoms with E-state index in [1.54, 1.807) is 24.3 Å². The zero-order valence-electron chi connectivity index (χ0n) is 16.4. The molecular weight excluding hydrogens is 386 g/mol. The predicted octanol–water partition coefficient (Wildman–Crippen LogP) is 2.99. The van der Waals surface area contributed by atoms with Gasteiger partial charge in [0, 0.05) is 36.2 Å². The molecule has 0 radical (unpaired) electrons. The van der Waals surface area contributed by atoms with Crippen molar-refractivity contribution < 1.29 is 13.2 Å². The molecule has 0 spiro atoms. The Bertz CT molecular complexity index is 1110. The highest BCUT2D eigenvalue weighted by molar-refractivity contribution is 7.89. The number of hydrogen-bond donors (Lipinski definition) is 2. The number of carbonyl (C=O) groups excluding carboxylic acids is 1. The summed E-state index contributed by atoms with van der Waals surface area (Å²) in [5, 5.41) is 1.07. The van der Waals surface area contributed by atoms with E-state index in [0.717, 1.165) is 22.0 Å². The first-order chi connectivity index (χ1) is 13.9. The average molecular weight is 412 g/mol. The number of benzene rings is 2. The highest BCUT2D eigenvalue weighted by Gasteiger charge is 2.27. The number of hydrogen-bond acceptors (Lipinski definition) is 3. The van der Waals surface area contributed by atoms with Crippen LogP contribution in [0.4, 0.5) is 0 Å². The van der Waals surface area contributed by atoms with Gasteiger partial charge in [0.15, 0.2) is 0 Å². The van der Waals surface area contributed by atoms with Crippen molar-refractivity contribution in [2.75, 3.05) is 13.1 Å². The summed E-state index contributed by atoms with van der Waals surface area (Å²) in [4.78, 5) is 18.0. The number of sulfonamides is 1. The fraction of sp³-hybridized carbons (Fsp3) is 0.318. The monoisotopic (exact) mass is 411 g/mol. The lowest BCUT2D eigenvalue weighted by atomic mass is 10.0. The molecule has 1 aromatic heterocycles. The number of piperidine rings is 1. The second kappa shape index (κ2) is 8.00. The summed E-state index contributed by atoms with van der Waals surface area (Å²) in [5.74, 6) is 0.0783. The molecule has 1 aliphatic heterocycles. The number of aromatic nitrogens is 1. The van der Waals surface area contributed by atoms with Gasteiger partial charge in [-0.2, -0.15) is 0 Å². The van der Waals surface area contributed by atoms with Crippen molar-refractivity contribution in [2.45, 2.75) is 37.1 Å². The quantitative estimate of drug-likeness (QED) is 0.677. The number of amides is 1. The van der Waals surface area contributed by atoms with Crippen LogP contribution in [-0.4, -0.2) is 43.3 Å². The minimum Gasteiger partial charge on any atom is -0.361 e. The van der Waals surface area contributed by atoms with Crippen molar-refractivity contribution >= 4 is 26.8 Å². The molecule has 0 unspecified atom stereocenters. The van der Waals surface area contributed by atoms with E-state index in [2.05, 4.69) is 9.71 Å². The number of nitrogens with zero attached hydrogens (tertiary/aromatic N) is 1. The van der Waals surface area contributed by atoms with E-state index < -0.39 is 10.0 Å². The largest absolute Gasteiger partial charge is 0.361 e. The average Bonchev–Trinajstić information content (AvgIpc) is 3.11. The topological polar surface area (TPSA) is 82.3 Å². The van der Waals surface area contributed by atoms with Gasteiger partial charge in [-0.25, -0.2) is 13.1 Å². The van der Waals surface area contributed by atoms with Crippen LogP contribution in [-0.2, 0) is 21.2 Å². The molecule has 4 rings (SSSR count). The van der Waals surface area contributed by atoms with Crippen LogP contribution in [0.25, 0.3) is 10.9 Å². The third-order valence-corrected chi connectivity index (χ3v) is 7.05. The van der Waals surface area contributed by atoms with Gasteiger partial charge < -0.3 is 9.88 Å². The lowest BCUT2D eigenvalue weighted by Crippen LogP contribution is -2.46. The number of nitrogens with one attached hydrogen (secondary N) is 2. The van der Waals surface area contributed by atoms with Crippen LogP contribution in [0.15, 0.2) is 59.6 Å². The Kier molecular flexibility index (Phi) is 5.43. The molecule has 2 heterocycles. The Morgan fingerprint density at radius 2 is 1.79 bits per heavy atom. The first-order valence-corrected chi connectivity index (χ1v) is 11.3. The third-order valence-electron chi connectivity index (χ3n) is 5.52. The van der Waals surface area contributed by atoms with Gasteiger partial charge in [0.25, 0.3) is 0 Å². The predicted molar refractivity (Wildman–Crippen MR) is 113 cm³/mol. The molecule has 1 saturated heterocycles. The smallest absolute Gasteiger partial charge is 0.240 e. The molecule has 6 nitrogen and oxygen atoms in total. The molecule has 1 aliphatic rings. The summed E-state index contributed by atoms with van der Waals surface area (Å²) in [7, 11) is -3.54. The van der Waals surface area contributed by atoms with E-state index in [-0.39, 0.29) is 16.8 Å². The minimum atomic E-state index is -3.54. The Balaban J connectivity index is 1.34. The van der Waals surface area contributed by atoms with Crippen LogP contribution in [0.1, 0.15) is 24.0 Å². The van der Waals surface area contributed by atoms with Crippen LogP contribution < -0.4 is 4.72 Å². The van der Waals surface area contributed by atoms with Gasteiger partial charge in [-0.3, -0.25) is 4.79 Å². The van der Waals surface area contributed by atoms with Crippen LogP contribution in [0.3, 0.4) is 0 Å². The number of rotatable bonds is 5. The van der Waals surface area contributed by atoms with Gasteiger partial charge in [0.05, 0.1) is 11.3 Å². The SMILES string of the molecule is Cc1ccc(S(=O)(=O)NC2CCN(C(=O)Cc3c[nH]c4ccccc34)CC2)cc1. The second-order valence-corrected chi connectivity index (χ2v) is 9.34. The van der Waals surface area contributed by atoms with Crippen molar-refractivity contribution in [2.24, 2.45) is 0 Å². The Morgan fingerprint density at radius 1 is 1.10 bits per heavy atom. The lowest BCUT2D eigenvalue weighted by Gasteiger charge is -2.32. The molecule has 1 amide bonds. The fourth-order valence-corrected chi connectivity index (χ4v) is 5.11. The summed E-state index contributed by atoms with van der Waals surface area (Å²) in [5.41, 5.74) is 3.04. The van der Waals surface area contributed by atoms with Crippen molar-refractivity contribution in [3.63, 3.8) is 0 Å². The molecule has 152 valence electrons. The molecule has 29 heavy (non-hydrogen) atoms.